The van der Waals surface area contributed by atoms with Crippen LogP contribution in [0.4, 0.5) is 23.5 Å². The molecule has 0 saturated carbocycles. The van der Waals surface area contributed by atoms with Gasteiger partial charge in [0.05, 0.1) is 33.5 Å². The van der Waals surface area contributed by atoms with Gasteiger partial charge >= 0.3 is 0 Å². The predicted molar refractivity (Wildman–Crippen MR) is 167 cm³/mol. The van der Waals surface area contributed by atoms with Gasteiger partial charge in [0.2, 0.25) is 17.8 Å². The minimum Gasteiger partial charge on any atom is -0.504 e. The van der Waals surface area contributed by atoms with E-state index in [2.05, 4.69) is 36.2 Å². The number of nitrogens with one attached hydrogen (secondary N) is 4. The number of rotatable bonds is 18. The van der Waals surface area contributed by atoms with E-state index in [-0.39, 0.29) is 17.4 Å². The molecule has 0 aliphatic carbocycles. The quantitative estimate of drug-likeness (QED) is 0.0723. The second-order valence-electron chi connectivity index (χ2n) is 9.43. The maximum atomic E-state index is 12.0. The number of amides is 1. The summed E-state index contributed by atoms with van der Waals surface area (Å²) in [5.74, 6) is 1.33. The number of phenols is 2. The highest BCUT2D eigenvalue weighted by atomic mass is 16.5. The Morgan fingerprint density at radius 2 is 1.39 bits per heavy atom. The highest BCUT2D eigenvalue weighted by Crippen LogP contribution is 2.25. The van der Waals surface area contributed by atoms with Crippen LogP contribution in [0.3, 0.4) is 0 Å². The van der Waals surface area contributed by atoms with Crippen molar-refractivity contribution >= 4 is 29.4 Å². The molecule has 0 unspecified atom stereocenters. The number of aromatic hydroxyl groups is 2. The van der Waals surface area contributed by atoms with Crippen molar-refractivity contribution in [2.24, 2.45) is 0 Å². The Hall–Kier alpha value is -5.14. The molecule has 0 spiro atoms. The van der Waals surface area contributed by atoms with Crippen LogP contribution in [0, 0.1) is 0 Å². The highest BCUT2D eigenvalue weighted by molar-refractivity contribution is 5.94. The monoisotopic (exact) mass is 603 g/mol. The molecule has 1 aromatic heterocycles. The van der Waals surface area contributed by atoms with E-state index in [1.165, 1.54) is 12.1 Å². The number of hydrogen-bond acceptors (Lipinski definition) is 12. The number of anilines is 4. The SMILES string of the molecule is COc1ccc(Nc2nc(NCCOCCOCCNC(=O)c3ccccc3)nc(NCCc3ccc(O)c(O)c3)n2)cc1. The van der Waals surface area contributed by atoms with Gasteiger partial charge in [-0.05, 0) is 60.5 Å². The summed E-state index contributed by atoms with van der Waals surface area (Å²) in [5.41, 5.74) is 2.23. The predicted octanol–water partition coefficient (Wildman–Crippen LogP) is 3.56. The molecule has 0 fully saturated rings. The first kappa shape index (κ1) is 31.8. The number of ether oxygens (including phenoxy) is 3. The van der Waals surface area contributed by atoms with E-state index >= 15 is 0 Å². The van der Waals surface area contributed by atoms with Gasteiger partial charge in [-0.15, -0.1) is 0 Å². The van der Waals surface area contributed by atoms with Crippen molar-refractivity contribution < 1.29 is 29.2 Å². The Morgan fingerprint density at radius 1 is 0.727 bits per heavy atom. The summed E-state index contributed by atoms with van der Waals surface area (Å²) in [6.45, 7) is 2.92. The maximum absolute atomic E-state index is 12.0. The molecule has 4 aromatic rings. The lowest BCUT2D eigenvalue weighted by molar-refractivity contribution is 0.0519. The number of nitrogens with zero attached hydrogens (tertiary/aromatic N) is 3. The zero-order valence-corrected chi connectivity index (χ0v) is 24.5. The Morgan fingerprint density at radius 3 is 2.07 bits per heavy atom. The minimum atomic E-state index is -0.166. The topological polar surface area (TPSA) is 172 Å². The lowest BCUT2D eigenvalue weighted by atomic mass is 10.1. The third kappa shape index (κ3) is 10.6. The number of carbonyl (C=O) groups excluding carboxylic acids is 1. The van der Waals surface area contributed by atoms with E-state index in [0.717, 1.165) is 17.0 Å². The molecule has 0 aliphatic rings. The van der Waals surface area contributed by atoms with Gasteiger partial charge in [-0.1, -0.05) is 24.3 Å². The molecule has 13 heteroatoms. The van der Waals surface area contributed by atoms with Crippen LogP contribution in [0.15, 0.2) is 72.8 Å². The molecule has 0 atom stereocenters. The Bertz CT molecular complexity index is 1460. The van der Waals surface area contributed by atoms with E-state index < -0.39 is 0 Å². The molecule has 4 rings (SSSR count). The fraction of sp³-hybridized carbons (Fsp3) is 0.290. The van der Waals surface area contributed by atoms with Crippen molar-refractivity contribution in [2.45, 2.75) is 6.42 Å². The summed E-state index contributed by atoms with van der Waals surface area (Å²) in [6, 6.07) is 21.1. The average Bonchev–Trinajstić information content (AvgIpc) is 3.04. The molecule has 44 heavy (non-hydrogen) atoms. The van der Waals surface area contributed by atoms with Crippen LogP contribution in [0.25, 0.3) is 0 Å². The molecular formula is C31H37N7O6. The van der Waals surface area contributed by atoms with E-state index in [4.69, 9.17) is 14.2 Å². The molecule has 0 aliphatic heterocycles. The van der Waals surface area contributed by atoms with Gasteiger partial charge < -0.3 is 45.7 Å². The van der Waals surface area contributed by atoms with Crippen LogP contribution in [-0.2, 0) is 15.9 Å². The van der Waals surface area contributed by atoms with Gasteiger partial charge in [-0.25, -0.2) is 0 Å². The number of benzene rings is 3. The summed E-state index contributed by atoms with van der Waals surface area (Å²) in [6.07, 6.45) is 0.568. The molecule has 0 bridgehead atoms. The van der Waals surface area contributed by atoms with Crippen molar-refractivity contribution in [3.8, 4) is 17.2 Å². The molecule has 1 heterocycles. The van der Waals surface area contributed by atoms with Crippen molar-refractivity contribution in [1.82, 2.24) is 20.3 Å². The van der Waals surface area contributed by atoms with Crippen LogP contribution in [0.2, 0.25) is 0 Å². The lowest BCUT2D eigenvalue weighted by Crippen LogP contribution is -2.27. The van der Waals surface area contributed by atoms with Crippen LogP contribution in [0.5, 0.6) is 17.2 Å². The highest BCUT2D eigenvalue weighted by Gasteiger charge is 2.09. The first-order valence-corrected chi connectivity index (χ1v) is 14.1. The third-order valence-electron chi connectivity index (χ3n) is 6.19. The Kier molecular flexibility index (Phi) is 12.3. The first-order valence-electron chi connectivity index (χ1n) is 14.1. The third-order valence-corrected chi connectivity index (χ3v) is 6.19. The molecule has 13 nitrogen and oxygen atoms in total. The average molecular weight is 604 g/mol. The van der Waals surface area contributed by atoms with E-state index in [1.807, 2.05) is 42.5 Å². The zero-order chi connectivity index (χ0) is 31.0. The second-order valence-corrected chi connectivity index (χ2v) is 9.43. The summed E-state index contributed by atoms with van der Waals surface area (Å²) in [4.78, 5) is 25.4. The number of methoxy groups -OCH3 is 1. The first-order chi connectivity index (χ1) is 21.5. The van der Waals surface area contributed by atoms with Crippen LogP contribution < -0.4 is 26.0 Å². The summed E-state index contributed by atoms with van der Waals surface area (Å²) in [7, 11) is 1.61. The van der Waals surface area contributed by atoms with Crippen molar-refractivity contribution in [3.05, 3.63) is 83.9 Å². The van der Waals surface area contributed by atoms with Gasteiger partial charge in [0.1, 0.15) is 5.75 Å². The largest absolute Gasteiger partial charge is 0.504 e. The number of phenolic OH excluding ortho intramolecular Hbond substituents is 2. The fourth-order valence-corrected chi connectivity index (χ4v) is 3.92. The van der Waals surface area contributed by atoms with Gasteiger partial charge in [-0.2, -0.15) is 15.0 Å². The normalized spacial score (nSPS) is 10.7. The van der Waals surface area contributed by atoms with Crippen molar-refractivity contribution in [2.75, 3.05) is 69.1 Å². The Labute approximate surface area is 255 Å². The van der Waals surface area contributed by atoms with Crippen LogP contribution in [0.1, 0.15) is 15.9 Å². The summed E-state index contributed by atoms with van der Waals surface area (Å²) in [5, 5.41) is 31.6. The van der Waals surface area contributed by atoms with Gasteiger partial charge in [0.25, 0.3) is 5.91 Å². The molecule has 232 valence electrons. The zero-order valence-electron chi connectivity index (χ0n) is 24.5. The number of hydrogen-bond donors (Lipinski definition) is 6. The molecule has 0 saturated heterocycles. The van der Waals surface area contributed by atoms with E-state index in [1.54, 1.807) is 25.3 Å². The minimum absolute atomic E-state index is 0.131. The Balaban J connectivity index is 1.21. The van der Waals surface area contributed by atoms with Gasteiger partial charge in [0.15, 0.2) is 11.5 Å². The fourth-order valence-electron chi connectivity index (χ4n) is 3.92. The molecule has 0 radical (unpaired) electrons. The summed E-state index contributed by atoms with van der Waals surface area (Å²) >= 11 is 0. The number of aromatic nitrogens is 3. The molecule has 6 N–H and O–H groups in total. The van der Waals surface area contributed by atoms with Crippen molar-refractivity contribution in [3.63, 3.8) is 0 Å². The molecular weight excluding hydrogens is 566 g/mol. The van der Waals surface area contributed by atoms with Gasteiger partial charge in [-0.3, -0.25) is 4.79 Å². The molecule has 3 aromatic carbocycles. The van der Waals surface area contributed by atoms with Crippen LogP contribution in [-0.4, -0.2) is 84.2 Å². The van der Waals surface area contributed by atoms with Gasteiger partial charge in [0, 0.05) is 30.9 Å². The lowest BCUT2D eigenvalue weighted by Gasteiger charge is -2.12. The maximum Gasteiger partial charge on any atom is 0.251 e. The smallest absolute Gasteiger partial charge is 0.251 e. The second kappa shape index (κ2) is 17.1. The summed E-state index contributed by atoms with van der Waals surface area (Å²) < 4.78 is 16.4. The standard InChI is InChI=1S/C31H37N7O6/c1-42-25-10-8-24(9-11-25)35-31-37-29(33-14-13-22-7-12-26(39)27(40)21-22)36-30(38-31)34-16-18-44-20-19-43-17-15-32-28(41)23-5-3-2-4-6-23/h2-12,21,39-40H,13-20H2,1H3,(H,32,41)(H3,33,34,35,36,37,38). The van der Waals surface area contributed by atoms with Crippen molar-refractivity contribution in [1.29, 1.82) is 0 Å². The molecule has 1 amide bonds. The van der Waals surface area contributed by atoms with Crippen LogP contribution >= 0.6 is 0 Å². The number of carbonyl (C=O) groups is 1. The van der Waals surface area contributed by atoms with E-state index in [9.17, 15) is 15.0 Å². The van der Waals surface area contributed by atoms with E-state index in [0.29, 0.717) is 75.9 Å².